The maximum absolute atomic E-state index is 9.51. The Morgan fingerprint density at radius 3 is 2.47 bits per heavy atom. The van der Waals surface area contributed by atoms with E-state index in [-0.39, 0.29) is 12.0 Å². The molecule has 0 radical (unpaired) electrons. The molecule has 0 atom stereocenters. The van der Waals surface area contributed by atoms with Gasteiger partial charge in [-0.25, -0.2) is 0 Å². The van der Waals surface area contributed by atoms with Gasteiger partial charge in [-0.2, -0.15) is 0 Å². The number of aliphatic hydroxyl groups excluding tert-OH is 1. The summed E-state index contributed by atoms with van der Waals surface area (Å²) < 4.78 is 0. The number of anilines is 2. The first-order valence-electron chi connectivity index (χ1n) is 6.28. The van der Waals surface area contributed by atoms with Gasteiger partial charge in [0.25, 0.3) is 0 Å². The zero-order valence-corrected chi connectivity index (χ0v) is 11.1. The van der Waals surface area contributed by atoms with Crippen LogP contribution in [0.3, 0.4) is 0 Å². The fourth-order valence-corrected chi connectivity index (χ4v) is 1.91. The van der Waals surface area contributed by atoms with Crippen molar-refractivity contribution in [1.82, 2.24) is 0 Å². The summed E-state index contributed by atoms with van der Waals surface area (Å²) in [6.45, 7) is 7.24. The molecule has 1 rings (SSSR count). The highest BCUT2D eigenvalue weighted by atomic mass is 16.3. The highest BCUT2D eigenvalue weighted by Gasteiger charge is 2.25. The fraction of sp³-hybridized carbons (Fsp3) is 0.571. The molecule has 1 aromatic rings. The molecule has 1 aromatic carbocycles. The first kappa shape index (κ1) is 13.8. The second-order valence-electron chi connectivity index (χ2n) is 4.74. The highest BCUT2D eigenvalue weighted by Crippen LogP contribution is 2.28. The van der Waals surface area contributed by atoms with E-state index >= 15 is 0 Å². The molecule has 96 valence electrons. The molecular weight excluding hydrogens is 212 g/mol. The average Bonchev–Trinajstić information content (AvgIpc) is 2.36. The minimum Gasteiger partial charge on any atom is -0.398 e. The molecule has 0 saturated heterocycles. The van der Waals surface area contributed by atoms with Crippen LogP contribution < -0.4 is 11.1 Å². The van der Waals surface area contributed by atoms with Crippen LogP contribution >= 0.6 is 0 Å². The molecule has 0 amide bonds. The molecule has 0 aliphatic rings. The van der Waals surface area contributed by atoms with Crippen molar-refractivity contribution in [2.24, 2.45) is 5.41 Å². The summed E-state index contributed by atoms with van der Waals surface area (Å²) >= 11 is 0. The second-order valence-corrected chi connectivity index (χ2v) is 4.74. The molecule has 3 heteroatoms. The number of nitrogen functional groups attached to an aromatic ring is 1. The van der Waals surface area contributed by atoms with Crippen molar-refractivity contribution in [2.75, 3.05) is 24.2 Å². The first-order valence-corrected chi connectivity index (χ1v) is 6.28. The van der Waals surface area contributed by atoms with Gasteiger partial charge in [-0.1, -0.05) is 19.9 Å². The molecule has 17 heavy (non-hydrogen) atoms. The van der Waals surface area contributed by atoms with Crippen molar-refractivity contribution in [1.29, 1.82) is 0 Å². The summed E-state index contributed by atoms with van der Waals surface area (Å²) in [5.74, 6) is 0. The van der Waals surface area contributed by atoms with Crippen molar-refractivity contribution in [3.8, 4) is 0 Å². The van der Waals surface area contributed by atoms with E-state index < -0.39 is 0 Å². The second kappa shape index (κ2) is 5.92. The van der Waals surface area contributed by atoms with Gasteiger partial charge in [0.05, 0.1) is 6.61 Å². The lowest BCUT2D eigenvalue weighted by Gasteiger charge is -2.30. The third kappa shape index (κ3) is 3.13. The minimum absolute atomic E-state index is 0.0307. The van der Waals surface area contributed by atoms with Crippen molar-refractivity contribution in [2.45, 2.75) is 33.6 Å². The molecule has 0 aliphatic heterocycles. The summed E-state index contributed by atoms with van der Waals surface area (Å²) in [5, 5.41) is 12.9. The Balaban J connectivity index is 2.75. The van der Waals surface area contributed by atoms with Crippen LogP contribution in [0.25, 0.3) is 0 Å². The Morgan fingerprint density at radius 1 is 1.29 bits per heavy atom. The average molecular weight is 236 g/mol. The molecule has 0 aromatic heterocycles. The Kier molecular flexibility index (Phi) is 4.82. The number of hydrogen-bond acceptors (Lipinski definition) is 3. The molecule has 0 saturated carbocycles. The predicted molar refractivity (Wildman–Crippen MR) is 74.2 cm³/mol. The Hall–Kier alpha value is -1.22. The molecule has 0 fully saturated rings. The summed E-state index contributed by atoms with van der Waals surface area (Å²) in [7, 11) is 0. The quantitative estimate of drug-likeness (QED) is 0.666. The Labute approximate surface area is 104 Å². The normalized spacial score (nSPS) is 11.5. The van der Waals surface area contributed by atoms with Crippen LogP contribution in [0.15, 0.2) is 18.2 Å². The van der Waals surface area contributed by atoms with Crippen molar-refractivity contribution < 1.29 is 5.11 Å². The number of nitrogens with two attached hydrogens (primary N) is 1. The largest absolute Gasteiger partial charge is 0.398 e. The van der Waals surface area contributed by atoms with Crippen LogP contribution in [0.1, 0.15) is 32.3 Å². The topological polar surface area (TPSA) is 58.3 Å². The predicted octanol–water partition coefficient (Wildman–Crippen LogP) is 2.79. The summed E-state index contributed by atoms with van der Waals surface area (Å²) in [6.07, 6.45) is 1.93. The van der Waals surface area contributed by atoms with E-state index in [0.29, 0.717) is 0 Å². The lowest BCUT2D eigenvalue weighted by atomic mass is 9.83. The minimum atomic E-state index is -0.0307. The fourth-order valence-electron chi connectivity index (χ4n) is 1.91. The van der Waals surface area contributed by atoms with Gasteiger partial charge < -0.3 is 16.2 Å². The molecule has 0 aliphatic carbocycles. The maximum Gasteiger partial charge on any atom is 0.0504 e. The van der Waals surface area contributed by atoms with E-state index in [1.54, 1.807) is 0 Å². The van der Waals surface area contributed by atoms with E-state index in [4.69, 9.17) is 5.73 Å². The smallest absolute Gasteiger partial charge is 0.0504 e. The van der Waals surface area contributed by atoms with Gasteiger partial charge in [-0.3, -0.25) is 0 Å². The standard InChI is InChI=1S/C14H24N2O/c1-4-14(5-2,10-17)9-16-13-8-6-7-12(15)11(13)3/h6-8,16-17H,4-5,9-10,15H2,1-3H3. The highest BCUT2D eigenvalue weighted by molar-refractivity contribution is 5.62. The Bertz CT molecular complexity index is 351. The van der Waals surface area contributed by atoms with Gasteiger partial charge >= 0.3 is 0 Å². The van der Waals surface area contributed by atoms with Gasteiger partial charge in [0, 0.05) is 23.3 Å². The van der Waals surface area contributed by atoms with Gasteiger partial charge in [-0.15, -0.1) is 0 Å². The van der Waals surface area contributed by atoms with E-state index in [2.05, 4.69) is 19.2 Å². The molecule has 0 unspecified atom stereocenters. The van der Waals surface area contributed by atoms with Crippen LogP contribution in [0, 0.1) is 12.3 Å². The van der Waals surface area contributed by atoms with Crippen LogP contribution in [0.5, 0.6) is 0 Å². The van der Waals surface area contributed by atoms with Crippen molar-refractivity contribution >= 4 is 11.4 Å². The summed E-state index contributed by atoms with van der Waals surface area (Å²) in [5.41, 5.74) is 8.78. The van der Waals surface area contributed by atoms with Crippen LogP contribution in [0.4, 0.5) is 11.4 Å². The number of aliphatic hydroxyl groups is 1. The van der Waals surface area contributed by atoms with Gasteiger partial charge in [0.15, 0.2) is 0 Å². The number of hydrogen-bond donors (Lipinski definition) is 3. The zero-order chi connectivity index (χ0) is 12.9. The lowest BCUT2D eigenvalue weighted by Crippen LogP contribution is -2.32. The van der Waals surface area contributed by atoms with Gasteiger partial charge in [0.1, 0.15) is 0 Å². The Morgan fingerprint density at radius 2 is 1.94 bits per heavy atom. The molecule has 3 nitrogen and oxygen atoms in total. The number of rotatable bonds is 6. The van der Waals surface area contributed by atoms with Crippen LogP contribution in [-0.2, 0) is 0 Å². The van der Waals surface area contributed by atoms with Crippen LogP contribution in [0.2, 0.25) is 0 Å². The van der Waals surface area contributed by atoms with Gasteiger partial charge in [0.2, 0.25) is 0 Å². The molecule has 0 heterocycles. The van der Waals surface area contributed by atoms with Crippen molar-refractivity contribution in [3.05, 3.63) is 23.8 Å². The van der Waals surface area contributed by atoms with Crippen molar-refractivity contribution in [3.63, 3.8) is 0 Å². The molecule has 4 N–H and O–H groups in total. The number of nitrogens with one attached hydrogen (secondary N) is 1. The van der Waals surface area contributed by atoms with Crippen LogP contribution in [-0.4, -0.2) is 18.3 Å². The molecule has 0 spiro atoms. The molecule has 0 bridgehead atoms. The van der Waals surface area contributed by atoms with E-state index in [9.17, 15) is 5.11 Å². The maximum atomic E-state index is 9.51. The summed E-state index contributed by atoms with van der Waals surface area (Å²) in [4.78, 5) is 0. The number of benzene rings is 1. The molecular formula is C14H24N2O. The summed E-state index contributed by atoms with van der Waals surface area (Å²) in [6, 6.07) is 5.88. The van der Waals surface area contributed by atoms with E-state index in [1.807, 2.05) is 25.1 Å². The lowest BCUT2D eigenvalue weighted by molar-refractivity contribution is 0.127. The van der Waals surface area contributed by atoms with E-state index in [0.717, 1.165) is 36.3 Å². The van der Waals surface area contributed by atoms with E-state index in [1.165, 1.54) is 0 Å². The zero-order valence-electron chi connectivity index (χ0n) is 11.1. The SMILES string of the molecule is CCC(CC)(CO)CNc1cccc(N)c1C. The monoisotopic (exact) mass is 236 g/mol. The third-order valence-corrected chi connectivity index (χ3v) is 3.86. The first-order chi connectivity index (χ1) is 8.08. The third-order valence-electron chi connectivity index (χ3n) is 3.86. The van der Waals surface area contributed by atoms with Gasteiger partial charge in [-0.05, 0) is 37.5 Å².